The van der Waals surface area contributed by atoms with Crippen molar-refractivity contribution in [3.8, 4) is 0 Å². The molecule has 0 rings (SSSR count). The molecule has 0 aliphatic heterocycles. The summed E-state index contributed by atoms with van der Waals surface area (Å²) >= 11 is 0. The van der Waals surface area contributed by atoms with Crippen LogP contribution in [0.15, 0.2) is 48.6 Å². The van der Waals surface area contributed by atoms with Crippen molar-refractivity contribution in [1.29, 1.82) is 0 Å². The van der Waals surface area contributed by atoms with E-state index in [4.69, 9.17) is 14.2 Å². The summed E-state index contributed by atoms with van der Waals surface area (Å²) < 4.78 is 17.0. The minimum atomic E-state index is -0.776. The van der Waals surface area contributed by atoms with E-state index in [1.54, 1.807) is 0 Å². The number of carbonyl (C=O) groups is 3. The molecule has 0 radical (unpaired) electrons. The maximum Gasteiger partial charge on any atom is 0.306 e. The Morgan fingerprint density at radius 2 is 0.476 bits per heavy atom. The number of hydrogen-bond acceptors (Lipinski definition) is 6. The third-order valence-electron chi connectivity index (χ3n) is 16.6. The summed E-state index contributed by atoms with van der Waals surface area (Å²) in [6, 6.07) is 0. The first kappa shape index (κ1) is 79.4. The largest absolute Gasteiger partial charge is 0.462 e. The third kappa shape index (κ3) is 68.2. The number of allylic oxidation sites excluding steroid dienone is 8. The van der Waals surface area contributed by atoms with Gasteiger partial charge < -0.3 is 14.2 Å². The van der Waals surface area contributed by atoms with Gasteiger partial charge in [-0.2, -0.15) is 0 Å². The molecule has 0 aliphatic carbocycles. The molecule has 0 aromatic carbocycles. The molecule has 1 atom stereocenters. The molecule has 0 aromatic heterocycles. The van der Waals surface area contributed by atoms with Gasteiger partial charge in [-0.3, -0.25) is 14.4 Å². The summed E-state index contributed by atoms with van der Waals surface area (Å²) in [4.78, 5) is 38.5. The van der Waals surface area contributed by atoms with Crippen LogP contribution in [0.25, 0.3) is 0 Å². The number of carbonyl (C=O) groups excluding carboxylic acids is 3. The van der Waals surface area contributed by atoms with Gasteiger partial charge in [0.05, 0.1) is 0 Å². The average Bonchev–Trinajstić information content (AvgIpc) is 3.47. The monoisotopic (exact) mass is 1150 g/mol. The minimum Gasteiger partial charge on any atom is -0.462 e. The second kappa shape index (κ2) is 70.9. The summed E-state index contributed by atoms with van der Waals surface area (Å²) in [7, 11) is 0. The highest BCUT2D eigenvalue weighted by Crippen LogP contribution is 2.19. The Balaban J connectivity index is 4.31. The predicted molar refractivity (Wildman–Crippen MR) is 358 cm³/mol. The SMILES string of the molecule is CC/C=C\C/C=C\C/C=C\C/C=C\CCCCCCCCCCC(=O)OC(COC(=O)CCCCCCCCCCCCCCCCCCCCC)COC(=O)CCCCCCCCCCCCCCCCCCCCCCCCCC. The molecule has 0 heterocycles. The van der Waals surface area contributed by atoms with E-state index < -0.39 is 6.10 Å². The van der Waals surface area contributed by atoms with Gasteiger partial charge in [0, 0.05) is 19.3 Å². The van der Waals surface area contributed by atoms with E-state index >= 15 is 0 Å². The first-order valence-electron chi connectivity index (χ1n) is 36.6. The van der Waals surface area contributed by atoms with Crippen LogP contribution in [-0.2, 0) is 28.6 Å². The van der Waals surface area contributed by atoms with Crippen LogP contribution in [-0.4, -0.2) is 37.2 Å². The molecule has 6 heteroatoms. The molecule has 82 heavy (non-hydrogen) atoms. The lowest BCUT2D eigenvalue weighted by atomic mass is 10.0. The molecule has 0 saturated heterocycles. The molecule has 6 nitrogen and oxygen atoms in total. The highest BCUT2D eigenvalue weighted by atomic mass is 16.6. The predicted octanol–water partition coefficient (Wildman–Crippen LogP) is 25.3. The molecule has 0 aromatic rings. The van der Waals surface area contributed by atoms with Gasteiger partial charge in [0.2, 0.25) is 0 Å². The highest BCUT2D eigenvalue weighted by Gasteiger charge is 2.19. The van der Waals surface area contributed by atoms with Crippen LogP contribution >= 0.6 is 0 Å². The zero-order valence-corrected chi connectivity index (χ0v) is 55.3. The third-order valence-corrected chi connectivity index (χ3v) is 16.6. The summed E-state index contributed by atoms with van der Waals surface area (Å²) in [5.74, 6) is -0.846. The highest BCUT2D eigenvalue weighted by molar-refractivity contribution is 5.71. The van der Waals surface area contributed by atoms with E-state index in [-0.39, 0.29) is 31.1 Å². The zero-order chi connectivity index (χ0) is 59.2. The van der Waals surface area contributed by atoms with Gasteiger partial charge in [0.15, 0.2) is 6.10 Å². The fourth-order valence-corrected chi connectivity index (χ4v) is 11.1. The van der Waals surface area contributed by atoms with E-state index in [0.717, 1.165) is 89.9 Å². The van der Waals surface area contributed by atoms with Gasteiger partial charge in [-0.05, 0) is 57.8 Å². The average molecular weight is 1150 g/mol. The van der Waals surface area contributed by atoms with Crippen molar-refractivity contribution in [3.63, 3.8) is 0 Å². The molecule has 0 aliphatic rings. The van der Waals surface area contributed by atoms with Gasteiger partial charge in [-0.1, -0.05) is 371 Å². The van der Waals surface area contributed by atoms with E-state index in [1.165, 1.54) is 270 Å². The lowest BCUT2D eigenvalue weighted by Gasteiger charge is -2.18. The molecule has 0 fully saturated rings. The van der Waals surface area contributed by atoms with Crippen molar-refractivity contribution >= 4 is 17.9 Å². The standard InChI is InChI=1S/C76H140O6/c1-4-7-10-13-16-19-22-25-28-31-34-36-37-38-40-42-45-48-51-54-57-60-63-66-69-75(78)81-72-73(71-80-74(77)68-65-62-59-56-53-50-47-44-41-33-30-27-24-21-18-15-12-9-6-3)82-76(79)70-67-64-61-58-55-52-49-46-43-39-35-32-29-26-23-20-17-14-11-8-5-2/h8,11,17,20,26,29,35,39,73H,4-7,9-10,12-16,18-19,21-25,27-28,30-34,36-38,40-72H2,1-3H3/b11-8-,20-17-,29-26-,39-35-. The van der Waals surface area contributed by atoms with Crippen molar-refractivity contribution in [1.82, 2.24) is 0 Å². The normalized spacial score (nSPS) is 12.3. The Morgan fingerprint density at radius 1 is 0.256 bits per heavy atom. The van der Waals surface area contributed by atoms with Crippen molar-refractivity contribution in [2.24, 2.45) is 0 Å². The van der Waals surface area contributed by atoms with Crippen molar-refractivity contribution < 1.29 is 28.6 Å². The Hall–Kier alpha value is -2.63. The molecule has 0 spiro atoms. The Morgan fingerprint density at radius 3 is 0.744 bits per heavy atom. The molecule has 0 amide bonds. The molecule has 1 unspecified atom stereocenters. The first-order chi connectivity index (χ1) is 40.5. The molecule has 0 N–H and O–H groups in total. The van der Waals surface area contributed by atoms with Crippen LogP contribution in [0.2, 0.25) is 0 Å². The van der Waals surface area contributed by atoms with Crippen LogP contribution in [0.1, 0.15) is 400 Å². The van der Waals surface area contributed by atoms with Crippen LogP contribution < -0.4 is 0 Å². The molecular weight excluding hydrogens is 1010 g/mol. The Bertz CT molecular complexity index is 1410. The fourth-order valence-electron chi connectivity index (χ4n) is 11.1. The number of rotatable bonds is 68. The van der Waals surface area contributed by atoms with Gasteiger partial charge >= 0.3 is 17.9 Å². The molecule has 0 saturated carbocycles. The minimum absolute atomic E-state index is 0.0706. The fraction of sp³-hybridized carbons (Fsp3) is 0.855. The number of ether oxygens (including phenoxy) is 3. The van der Waals surface area contributed by atoms with Crippen molar-refractivity contribution in [2.45, 2.75) is 406 Å². The second-order valence-corrected chi connectivity index (χ2v) is 24.8. The van der Waals surface area contributed by atoms with E-state index in [2.05, 4.69) is 69.4 Å². The summed E-state index contributed by atoms with van der Waals surface area (Å²) in [6.07, 6.45) is 90.0. The number of esters is 3. The zero-order valence-electron chi connectivity index (χ0n) is 55.3. The van der Waals surface area contributed by atoms with E-state index in [9.17, 15) is 14.4 Å². The van der Waals surface area contributed by atoms with E-state index in [1.807, 2.05) is 0 Å². The summed E-state index contributed by atoms with van der Waals surface area (Å²) in [5, 5.41) is 0. The lowest BCUT2D eigenvalue weighted by molar-refractivity contribution is -0.167. The van der Waals surface area contributed by atoms with Gasteiger partial charge in [0.1, 0.15) is 13.2 Å². The maximum atomic E-state index is 13.0. The molecule has 480 valence electrons. The topological polar surface area (TPSA) is 78.9 Å². The van der Waals surface area contributed by atoms with Crippen LogP contribution in [0.5, 0.6) is 0 Å². The van der Waals surface area contributed by atoms with Crippen molar-refractivity contribution in [2.75, 3.05) is 13.2 Å². The van der Waals surface area contributed by atoms with E-state index in [0.29, 0.717) is 19.3 Å². The molecule has 0 bridgehead atoms. The smallest absolute Gasteiger partial charge is 0.306 e. The Labute approximate surface area is 511 Å². The van der Waals surface area contributed by atoms with Crippen LogP contribution in [0.4, 0.5) is 0 Å². The summed E-state index contributed by atoms with van der Waals surface area (Å²) in [6.45, 7) is 6.61. The van der Waals surface area contributed by atoms with Gasteiger partial charge in [-0.25, -0.2) is 0 Å². The first-order valence-corrected chi connectivity index (χ1v) is 36.6. The number of unbranched alkanes of at least 4 members (excludes halogenated alkanes) is 49. The maximum absolute atomic E-state index is 13.0. The lowest BCUT2D eigenvalue weighted by Crippen LogP contribution is -2.30. The van der Waals surface area contributed by atoms with Gasteiger partial charge in [0.25, 0.3) is 0 Å². The quantitative estimate of drug-likeness (QED) is 0.0261. The van der Waals surface area contributed by atoms with Crippen LogP contribution in [0, 0.1) is 0 Å². The van der Waals surface area contributed by atoms with Crippen molar-refractivity contribution in [3.05, 3.63) is 48.6 Å². The molecular formula is C76H140O6. The second-order valence-electron chi connectivity index (χ2n) is 24.8. The van der Waals surface area contributed by atoms with Crippen LogP contribution in [0.3, 0.4) is 0 Å². The number of hydrogen-bond donors (Lipinski definition) is 0. The Kier molecular flexibility index (Phi) is 68.6. The van der Waals surface area contributed by atoms with Gasteiger partial charge in [-0.15, -0.1) is 0 Å². The summed E-state index contributed by atoms with van der Waals surface area (Å²) in [5.41, 5.74) is 0.